The summed E-state index contributed by atoms with van der Waals surface area (Å²) in [6.07, 6.45) is 3.34. The van der Waals surface area contributed by atoms with Crippen LogP contribution in [-0.2, 0) is 10.0 Å². The highest BCUT2D eigenvalue weighted by atomic mass is 32.2. The molecule has 2 heterocycles. The van der Waals surface area contributed by atoms with Gasteiger partial charge >= 0.3 is 0 Å². The fraction of sp³-hybridized carbons (Fsp3) is 0.0476. The number of sulfonamides is 1. The third-order valence-corrected chi connectivity index (χ3v) is 5.51. The van der Waals surface area contributed by atoms with Crippen LogP contribution in [0.15, 0.2) is 84.1 Å². The molecule has 2 aromatic carbocycles. The van der Waals surface area contributed by atoms with E-state index in [2.05, 4.69) is 20.3 Å². The minimum absolute atomic E-state index is 0.0430. The molecule has 0 radical (unpaired) electrons. The van der Waals surface area contributed by atoms with Gasteiger partial charge in [-0.15, -0.1) is 0 Å². The number of nitrogens with two attached hydrogens (primary N) is 1. The van der Waals surface area contributed by atoms with E-state index in [9.17, 15) is 8.42 Å². The lowest BCUT2D eigenvalue weighted by atomic mass is 10.1. The van der Waals surface area contributed by atoms with Gasteiger partial charge in [0.15, 0.2) is 0 Å². The Labute approximate surface area is 174 Å². The van der Waals surface area contributed by atoms with Crippen LogP contribution in [0.5, 0.6) is 0 Å². The molecule has 0 atom stereocenters. The van der Waals surface area contributed by atoms with Gasteiger partial charge in [0.1, 0.15) is 18.0 Å². The van der Waals surface area contributed by atoms with E-state index in [1.807, 2.05) is 42.6 Å². The molecule has 2 aromatic heterocycles. The van der Waals surface area contributed by atoms with Crippen LogP contribution in [0.1, 0.15) is 0 Å². The molecule has 8 nitrogen and oxygen atoms in total. The molecule has 30 heavy (non-hydrogen) atoms. The van der Waals surface area contributed by atoms with Crippen molar-refractivity contribution in [1.82, 2.24) is 15.0 Å². The summed E-state index contributed by atoms with van der Waals surface area (Å²) in [6.45, 7) is 0. The third-order valence-electron chi connectivity index (χ3n) is 4.60. The molecule has 0 amide bonds. The van der Waals surface area contributed by atoms with Crippen LogP contribution >= 0.6 is 0 Å². The quantitative estimate of drug-likeness (QED) is 0.438. The first kappa shape index (κ1) is 19.6. The Balaban J connectivity index is 1.54. The van der Waals surface area contributed by atoms with Gasteiger partial charge in [-0.2, -0.15) is 0 Å². The Morgan fingerprint density at radius 3 is 2.50 bits per heavy atom. The molecule has 0 saturated heterocycles. The number of benzene rings is 2. The minimum atomic E-state index is -3.78. The maximum atomic E-state index is 11.6. The molecule has 0 spiro atoms. The average molecular weight is 420 g/mol. The average Bonchev–Trinajstić information content (AvgIpc) is 3.28. The molecule has 4 N–H and O–H groups in total. The van der Waals surface area contributed by atoms with Crippen LogP contribution in [-0.4, -0.2) is 30.4 Å². The second kappa shape index (κ2) is 7.97. The van der Waals surface area contributed by atoms with Gasteiger partial charge < -0.3 is 15.2 Å². The van der Waals surface area contributed by atoms with Crippen molar-refractivity contribution in [2.45, 2.75) is 4.90 Å². The van der Waals surface area contributed by atoms with Crippen molar-refractivity contribution in [2.75, 3.05) is 17.3 Å². The normalized spacial score (nSPS) is 11.3. The Kier molecular flexibility index (Phi) is 5.21. The van der Waals surface area contributed by atoms with Crippen molar-refractivity contribution < 1.29 is 8.42 Å². The summed E-state index contributed by atoms with van der Waals surface area (Å²) in [5, 5.41) is 8.49. The molecular weight excluding hydrogens is 400 g/mol. The Morgan fingerprint density at radius 2 is 1.80 bits per heavy atom. The number of primary sulfonamides is 1. The Bertz CT molecular complexity index is 1250. The molecule has 4 aromatic rings. The van der Waals surface area contributed by atoms with Gasteiger partial charge in [0, 0.05) is 36.4 Å². The number of aromatic amines is 1. The SMILES string of the molecule is CN(c1cccc(S(N)(=O)=O)c1)c1cc(Nc2ccc(-c3ccc[nH]3)cc2)ncn1. The number of nitrogens with one attached hydrogen (secondary N) is 2. The third kappa shape index (κ3) is 4.32. The zero-order valence-electron chi connectivity index (χ0n) is 16.1. The second-order valence-corrected chi connectivity index (χ2v) is 8.21. The van der Waals surface area contributed by atoms with Crippen molar-refractivity contribution in [3.8, 4) is 11.3 Å². The van der Waals surface area contributed by atoms with Gasteiger partial charge in [-0.25, -0.2) is 23.5 Å². The summed E-state index contributed by atoms with van der Waals surface area (Å²) in [6, 6.07) is 20.1. The molecule has 0 fully saturated rings. The summed E-state index contributed by atoms with van der Waals surface area (Å²) in [5.41, 5.74) is 3.66. The van der Waals surface area contributed by atoms with Crippen LogP contribution in [0.3, 0.4) is 0 Å². The van der Waals surface area contributed by atoms with Crippen LogP contribution in [0.2, 0.25) is 0 Å². The van der Waals surface area contributed by atoms with E-state index in [1.54, 1.807) is 30.1 Å². The van der Waals surface area contributed by atoms with Crippen molar-refractivity contribution >= 4 is 33.0 Å². The first-order valence-electron chi connectivity index (χ1n) is 9.10. The van der Waals surface area contributed by atoms with Crippen molar-refractivity contribution in [3.63, 3.8) is 0 Å². The number of aromatic nitrogens is 3. The first-order chi connectivity index (χ1) is 14.4. The summed E-state index contributed by atoms with van der Waals surface area (Å²) in [5.74, 6) is 1.21. The monoisotopic (exact) mass is 420 g/mol. The highest BCUT2D eigenvalue weighted by Gasteiger charge is 2.12. The van der Waals surface area contributed by atoms with E-state index in [0.717, 1.165) is 16.9 Å². The zero-order valence-corrected chi connectivity index (χ0v) is 17.0. The molecule has 4 rings (SSSR count). The standard InChI is InChI=1S/C21H20N6O2S/c1-27(17-4-2-5-18(12-17)30(22,28)29)21-13-20(24-14-25-21)26-16-9-7-15(8-10-16)19-6-3-11-23-19/h2-14,23H,1H3,(H2,22,28,29)(H,24,25,26). The lowest BCUT2D eigenvalue weighted by Gasteiger charge is -2.19. The second-order valence-electron chi connectivity index (χ2n) is 6.65. The highest BCUT2D eigenvalue weighted by molar-refractivity contribution is 7.89. The van der Waals surface area contributed by atoms with Crippen molar-refractivity contribution in [3.05, 3.63) is 79.3 Å². The van der Waals surface area contributed by atoms with Gasteiger partial charge in [-0.3, -0.25) is 0 Å². The lowest BCUT2D eigenvalue weighted by Crippen LogP contribution is -2.15. The van der Waals surface area contributed by atoms with E-state index < -0.39 is 10.0 Å². The predicted octanol–water partition coefficient (Wildman–Crippen LogP) is 3.63. The van der Waals surface area contributed by atoms with E-state index >= 15 is 0 Å². The number of hydrogen-bond acceptors (Lipinski definition) is 6. The molecular formula is C21H20N6O2S. The number of hydrogen-bond donors (Lipinski definition) is 3. The zero-order chi connectivity index (χ0) is 21.1. The smallest absolute Gasteiger partial charge is 0.238 e. The number of rotatable bonds is 6. The molecule has 0 aliphatic rings. The van der Waals surface area contributed by atoms with E-state index in [4.69, 9.17) is 5.14 Å². The minimum Gasteiger partial charge on any atom is -0.361 e. The summed E-state index contributed by atoms with van der Waals surface area (Å²) < 4.78 is 23.2. The maximum Gasteiger partial charge on any atom is 0.238 e. The summed E-state index contributed by atoms with van der Waals surface area (Å²) >= 11 is 0. The molecule has 0 aliphatic carbocycles. The van der Waals surface area contributed by atoms with Gasteiger partial charge in [-0.05, 0) is 48.0 Å². The van der Waals surface area contributed by atoms with Gasteiger partial charge in [0.25, 0.3) is 0 Å². The summed E-state index contributed by atoms with van der Waals surface area (Å²) in [7, 11) is -1.99. The molecule has 0 aliphatic heterocycles. The van der Waals surface area contributed by atoms with Gasteiger partial charge in [-0.1, -0.05) is 18.2 Å². The topological polar surface area (TPSA) is 117 Å². The number of nitrogens with zero attached hydrogens (tertiary/aromatic N) is 3. The first-order valence-corrected chi connectivity index (χ1v) is 10.6. The Morgan fingerprint density at radius 1 is 1.00 bits per heavy atom. The van der Waals surface area contributed by atoms with Crippen molar-refractivity contribution in [2.24, 2.45) is 5.14 Å². The predicted molar refractivity (Wildman–Crippen MR) is 117 cm³/mol. The molecule has 0 saturated carbocycles. The number of anilines is 4. The molecule has 0 bridgehead atoms. The maximum absolute atomic E-state index is 11.6. The van der Waals surface area contributed by atoms with Crippen LogP contribution in [0.25, 0.3) is 11.3 Å². The lowest BCUT2D eigenvalue weighted by molar-refractivity contribution is 0.598. The number of H-pyrrole nitrogens is 1. The van der Waals surface area contributed by atoms with E-state index in [-0.39, 0.29) is 4.90 Å². The summed E-state index contributed by atoms with van der Waals surface area (Å²) in [4.78, 5) is 13.5. The largest absolute Gasteiger partial charge is 0.361 e. The van der Waals surface area contributed by atoms with Crippen LogP contribution < -0.4 is 15.4 Å². The van der Waals surface area contributed by atoms with Crippen LogP contribution in [0, 0.1) is 0 Å². The van der Waals surface area contributed by atoms with Crippen LogP contribution in [0.4, 0.5) is 23.0 Å². The van der Waals surface area contributed by atoms with E-state index in [1.165, 1.54) is 18.5 Å². The van der Waals surface area contributed by atoms with E-state index in [0.29, 0.717) is 17.3 Å². The van der Waals surface area contributed by atoms with Gasteiger partial charge in [0.05, 0.1) is 4.90 Å². The fourth-order valence-corrected chi connectivity index (χ4v) is 3.54. The molecule has 9 heteroatoms. The fourth-order valence-electron chi connectivity index (χ4n) is 2.99. The van der Waals surface area contributed by atoms with Crippen molar-refractivity contribution in [1.29, 1.82) is 0 Å². The Hall–Kier alpha value is -3.69. The van der Waals surface area contributed by atoms with Gasteiger partial charge in [0.2, 0.25) is 10.0 Å². The molecule has 0 unspecified atom stereocenters. The highest BCUT2D eigenvalue weighted by Crippen LogP contribution is 2.26. The molecule has 152 valence electrons.